The minimum absolute atomic E-state index is 0. The fourth-order valence-electron chi connectivity index (χ4n) is 2.82. The van der Waals surface area contributed by atoms with Gasteiger partial charge in [0, 0.05) is 49.8 Å². The van der Waals surface area contributed by atoms with E-state index >= 15 is 0 Å². The van der Waals surface area contributed by atoms with Crippen LogP contribution < -0.4 is 10.9 Å². The van der Waals surface area contributed by atoms with Crippen molar-refractivity contribution in [3.8, 4) is 0 Å². The smallest absolute Gasteiger partial charge is 0.741 e. The van der Waals surface area contributed by atoms with E-state index < -0.39 is 0 Å². The van der Waals surface area contributed by atoms with Crippen LogP contribution in [0, 0.1) is 13.8 Å². The summed E-state index contributed by atoms with van der Waals surface area (Å²) in [6, 6.07) is 2.18. The average Bonchev–Trinajstić information content (AvgIpc) is 2.94. The van der Waals surface area contributed by atoms with Gasteiger partial charge in [-0.1, -0.05) is 0 Å². The summed E-state index contributed by atoms with van der Waals surface area (Å²) in [6.07, 6.45) is 0.926. The van der Waals surface area contributed by atoms with Gasteiger partial charge in [-0.15, -0.1) is 0 Å². The van der Waals surface area contributed by atoms with Crippen molar-refractivity contribution in [3.05, 3.63) is 23.0 Å². The number of ether oxygens (including phenoxy) is 1. The maximum atomic E-state index is 5.27. The van der Waals surface area contributed by atoms with Crippen LogP contribution >= 0.6 is 0 Å². The van der Waals surface area contributed by atoms with E-state index in [9.17, 15) is 0 Å². The number of aliphatic imine (C=N–C) groups is 2. The molecule has 1 heterocycles. The van der Waals surface area contributed by atoms with Crippen LogP contribution in [0.15, 0.2) is 26.3 Å². The van der Waals surface area contributed by atoms with Gasteiger partial charge >= 0.3 is 17.1 Å². The summed E-state index contributed by atoms with van der Waals surface area (Å²) in [5.74, 6) is 0. The Morgan fingerprint density at radius 2 is 1.81 bits per heavy atom. The summed E-state index contributed by atoms with van der Waals surface area (Å²) >= 11 is 10.4. The summed E-state index contributed by atoms with van der Waals surface area (Å²) < 4.78 is 7.43. The molecule has 0 aliphatic rings. The predicted molar refractivity (Wildman–Crippen MR) is 132 cm³/mol. The third-order valence-corrected chi connectivity index (χ3v) is 4.58. The first kappa shape index (κ1) is 29.5. The van der Waals surface area contributed by atoms with Crippen molar-refractivity contribution in [2.45, 2.75) is 60.5 Å². The van der Waals surface area contributed by atoms with Crippen LogP contribution in [0.25, 0.3) is 0 Å². The maximum Gasteiger partial charge on any atom is 2.00 e. The van der Waals surface area contributed by atoms with E-state index in [1.54, 1.807) is 7.11 Å². The van der Waals surface area contributed by atoms with Crippen LogP contribution in [0.2, 0.25) is 0 Å². The molecule has 1 aromatic rings. The number of rotatable bonds is 10. The van der Waals surface area contributed by atoms with Crippen LogP contribution in [0.5, 0.6) is 0 Å². The number of methoxy groups -OCH3 is 1. The van der Waals surface area contributed by atoms with Gasteiger partial charge in [-0.3, -0.25) is 20.8 Å². The molecular weight excluding hydrogens is 482 g/mol. The second-order valence-electron chi connectivity index (χ2n) is 6.97. The summed E-state index contributed by atoms with van der Waals surface area (Å²) in [5, 5.41) is 9.56. The molecule has 11 heteroatoms. The average molecular weight is 515 g/mol. The number of nitrogens with zero attached hydrogens (tertiary/aromatic N) is 5. The zero-order valence-corrected chi connectivity index (χ0v) is 21.8. The summed E-state index contributed by atoms with van der Waals surface area (Å²) in [4.78, 5) is 8.42. The molecule has 1 rings (SSSR count). The molecule has 0 aliphatic heterocycles. The van der Waals surface area contributed by atoms with E-state index in [4.69, 9.17) is 30.0 Å². The molecule has 0 fully saturated rings. The predicted octanol–water partition coefficient (Wildman–Crippen LogP) is 2.63. The molecule has 0 saturated carbocycles. The standard InChI is InChI=1S/C20H35N7OS2.Cu/c1-8-21-19(29)25-23-15(5)18(24-26-20(30)22-13(2)3)17-12-14(4)27(16(17)6)10-9-11-28-7;/h12-13H,8-11H2,1-7H3,(H2,21,25,29)(H2,22,26,30);/q;+2/p-2/b23-15+,24-18-;. The molecule has 1 radical (unpaired) electrons. The number of hydrogen-bond acceptors (Lipinski definition) is 7. The molecule has 0 aliphatic carbocycles. The first-order valence-corrected chi connectivity index (χ1v) is 10.8. The van der Waals surface area contributed by atoms with Gasteiger partial charge in [-0.2, -0.15) is 10.2 Å². The zero-order valence-electron chi connectivity index (χ0n) is 19.2. The van der Waals surface area contributed by atoms with Crippen molar-refractivity contribution >= 4 is 47.0 Å². The minimum atomic E-state index is 0. The second kappa shape index (κ2) is 15.3. The van der Waals surface area contributed by atoms with Crippen molar-refractivity contribution in [3.63, 3.8) is 0 Å². The Morgan fingerprint density at radius 3 is 2.39 bits per heavy atom. The van der Waals surface area contributed by atoms with Gasteiger partial charge in [0.2, 0.25) is 0 Å². The Balaban J connectivity index is 0.00000900. The van der Waals surface area contributed by atoms with Gasteiger partial charge in [0.1, 0.15) is 5.71 Å². The maximum absolute atomic E-state index is 5.27. The van der Waals surface area contributed by atoms with Gasteiger partial charge in [0.15, 0.2) is 0 Å². The topological polar surface area (TPSA) is 87.7 Å². The van der Waals surface area contributed by atoms with E-state index in [0.717, 1.165) is 29.9 Å². The summed E-state index contributed by atoms with van der Waals surface area (Å²) in [7, 11) is 1.71. The third kappa shape index (κ3) is 10.1. The fraction of sp³-hybridized carbons (Fsp3) is 0.600. The van der Waals surface area contributed by atoms with Gasteiger partial charge in [0.05, 0.1) is 5.71 Å². The molecule has 0 amide bonds. The van der Waals surface area contributed by atoms with E-state index in [2.05, 4.69) is 55.5 Å². The van der Waals surface area contributed by atoms with Crippen molar-refractivity contribution in [2.75, 3.05) is 20.3 Å². The number of aromatic nitrogens is 1. The summed E-state index contributed by atoms with van der Waals surface area (Å²) in [6.45, 7) is 14.0. The molecule has 0 saturated heterocycles. The first-order valence-electron chi connectivity index (χ1n) is 9.97. The molecule has 2 N–H and O–H groups in total. The van der Waals surface area contributed by atoms with E-state index in [-0.39, 0.29) is 23.1 Å². The monoisotopic (exact) mass is 514 g/mol. The molecule has 177 valence electrons. The Kier molecular flexibility index (Phi) is 14.6. The molecule has 0 atom stereocenters. The van der Waals surface area contributed by atoms with Crippen molar-refractivity contribution in [1.82, 2.24) is 15.4 Å². The van der Waals surface area contributed by atoms with E-state index in [1.165, 1.54) is 0 Å². The third-order valence-electron chi connectivity index (χ3n) is 4.16. The van der Waals surface area contributed by atoms with Crippen LogP contribution in [0.4, 0.5) is 0 Å². The minimum Gasteiger partial charge on any atom is -0.741 e. The van der Waals surface area contributed by atoms with Gasteiger partial charge < -0.3 is 34.6 Å². The van der Waals surface area contributed by atoms with Crippen LogP contribution in [-0.2, 0) is 53.6 Å². The number of aryl methyl sites for hydroxylation is 1. The van der Waals surface area contributed by atoms with Crippen molar-refractivity contribution in [1.29, 1.82) is 0 Å². The van der Waals surface area contributed by atoms with Crippen LogP contribution in [-0.4, -0.2) is 52.6 Å². The zero-order chi connectivity index (χ0) is 22.7. The van der Waals surface area contributed by atoms with Crippen molar-refractivity contribution < 1.29 is 21.8 Å². The Morgan fingerprint density at radius 1 is 1.16 bits per heavy atom. The first-order chi connectivity index (χ1) is 14.2. The van der Waals surface area contributed by atoms with Crippen LogP contribution in [0.3, 0.4) is 0 Å². The number of nitrogens with one attached hydrogen (secondary N) is 2. The Hall–Kier alpha value is -1.52. The molecule has 31 heavy (non-hydrogen) atoms. The molecule has 0 aromatic carbocycles. The quantitative estimate of drug-likeness (QED) is 0.125. The fourth-order valence-corrected chi connectivity index (χ4v) is 3.25. The number of amidine groups is 2. The summed E-state index contributed by atoms with van der Waals surface area (Å²) in [5.41, 5.74) is 10.2. The Labute approximate surface area is 207 Å². The Bertz CT molecular complexity index is 817. The van der Waals surface area contributed by atoms with Crippen LogP contribution in [0.1, 0.15) is 51.1 Å². The molecule has 1 aromatic heterocycles. The molecule has 8 nitrogen and oxygen atoms in total. The SMILES string of the molecule is CCN=C([S-])N/N=C(C)/C(=N/NC([S-])=NC(C)C)c1cc(C)n(CCCOC)c1C.[Cu+2]. The number of hydrogen-bond donors (Lipinski definition) is 2. The van der Waals surface area contributed by atoms with Gasteiger partial charge in [-0.05, 0) is 64.4 Å². The number of hydrazone groups is 2. The largest absolute Gasteiger partial charge is 2.00 e. The van der Waals surface area contributed by atoms with Crippen molar-refractivity contribution in [2.24, 2.45) is 20.2 Å². The molecule has 0 bridgehead atoms. The van der Waals surface area contributed by atoms with E-state index in [1.807, 2.05) is 27.7 Å². The van der Waals surface area contributed by atoms with Gasteiger partial charge in [-0.25, -0.2) is 0 Å². The van der Waals surface area contributed by atoms with Gasteiger partial charge in [0.25, 0.3) is 0 Å². The molecular formula is C20H33CuN7OS2. The normalized spacial score (nSPS) is 13.4. The second-order valence-corrected chi connectivity index (χ2v) is 7.74. The molecule has 0 spiro atoms. The molecule has 0 unspecified atom stereocenters. The van der Waals surface area contributed by atoms with E-state index in [0.29, 0.717) is 34.9 Å².